The first-order valence-corrected chi connectivity index (χ1v) is 15.1. The summed E-state index contributed by atoms with van der Waals surface area (Å²) >= 11 is 20.4. The molecule has 0 saturated carbocycles. The van der Waals surface area contributed by atoms with E-state index in [-0.39, 0.29) is 13.2 Å². The minimum absolute atomic E-state index is 0.147. The van der Waals surface area contributed by atoms with Crippen molar-refractivity contribution in [3.05, 3.63) is 104 Å². The second-order valence-electron chi connectivity index (χ2n) is 9.23. The molecule has 5 rings (SSSR count). The lowest BCUT2D eigenvalue weighted by Crippen LogP contribution is -2.29. The van der Waals surface area contributed by atoms with Gasteiger partial charge in [-0.05, 0) is 55.3 Å². The van der Waals surface area contributed by atoms with E-state index in [1.54, 1.807) is 43.0 Å². The number of nitrogens with one attached hydrogen (secondary N) is 1. The lowest BCUT2D eigenvalue weighted by molar-refractivity contribution is -0.139. The smallest absolute Gasteiger partial charge is 0.338 e. The Morgan fingerprint density at radius 1 is 1.02 bits per heavy atom. The summed E-state index contributed by atoms with van der Waals surface area (Å²) in [4.78, 5) is 17.9. The molecular formula is C30H27Cl3N4O4S. The lowest BCUT2D eigenvalue weighted by atomic mass is 9.95. The van der Waals surface area contributed by atoms with E-state index in [4.69, 9.17) is 59.1 Å². The van der Waals surface area contributed by atoms with Crippen LogP contribution in [0.3, 0.4) is 0 Å². The maximum Gasteiger partial charge on any atom is 0.338 e. The molecule has 12 heteroatoms. The number of rotatable bonds is 10. The summed E-state index contributed by atoms with van der Waals surface area (Å²) in [6.45, 7) is 3.96. The van der Waals surface area contributed by atoms with E-state index in [1.165, 1.54) is 11.8 Å². The number of carbonyl (C=O) groups is 1. The van der Waals surface area contributed by atoms with E-state index < -0.39 is 12.0 Å². The molecule has 8 nitrogen and oxygen atoms in total. The summed E-state index contributed by atoms with van der Waals surface area (Å²) in [6.07, 6.45) is 0. The maximum absolute atomic E-state index is 13.2. The van der Waals surface area contributed by atoms with Gasteiger partial charge in [-0.2, -0.15) is 4.98 Å². The second-order valence-corrected chi connectivity index (χ2v) is 11.4. The highest BCUT2D eigenvalue weighted by Crippen LogP contribution is 2.40. The van der Waals surface area contributed by atoms with Crippen molar-refractivity contribution < 1.29 is 19.0 Å². The van der Waals surface area contributed by atoms with Gasteiger partial charge in [0, 0.05) is 32.1 Å². The van der Waals surface area contributed by atoms with Gasteiger partial charge in [0.15, 0.2) is 11.5 Å². The molecule has 0 amide bonds. The highest BCUT2D eigenvalue weighted by atomic mass is 35.5. The molecule has 3 aromatic carbocycles. The fraction of sp³-hybridized carbons (Fsp3) is 0.233. The third-order valence-electron chi connectivity index (χ3n) is 6.58. The van der Waals surface area contributed by atoms with Crippen molar-refractivity contribution in [3.8, 4) is 11.5 Å². The van der Waals surface area contributed by atoms with Gasteiger partial charge in [0.1, 0.15) is 12.6 Å². The molecule has 0 fully saturated rings. The van der Waals surface area contributed by atoms with E-state index in [9.17, 15) is 4.79 Å². The van der Waals surface area contributed by atoms with Crippen LogP contribution in [0.15, 0.2) is 77.1 Å². The molecule has 1 aliphatic rings. The molecule has 0 aliphatic carbocycles. The largest absolute Gasteiger partial charge is 0.493 e. The minimum Gasteiger partial charge on any atom is -0.493 e. The molecule has 1 N–H and O–H groups in total. The predicted molar refractivity (Wildman–Crippen MR) is 166 cm³/mol. The monoisotopic (exact) mass is 644 g/mol. The van der Waals surface area contributed by atoms with Crippen molar-refractivity contribution in [1.82, 2.24) is 14.8 Å². The first-order valence-electron chi connectivity index (χ1n) is 13.0. The molecule has 1 aromatic heterocycles. The number of thioether (sulfide) groups is 1. The number of allylic oxidation sites excluding steroid dienone is 1. The Kier molecular flexibility index (Phi) is 9.53. The number of benzene rings is 3. The van der Waals surface area contributed by atoms with E-state index in [0.717, 1.165) is 11.1 Å². The van der Waals surface area contributed by atoms with Gasteiger partial charge < -0.3 is 19.5 Å². The number of hydrogen-bond donors (Lipinski definition) is 1. The topological polar surface area (TPSA) is 87.5 Å². The molecule has 218 valence electrons. The molecule has 4 aromatic rings. The molecular weight excluding hydrogens is 619 g/mol. The van der Waals surface area contributed by atoms with Crippen LogP contribution in [-0.2, 0) is 21.9 Å². The number of aromatic nitrogens is 3. The van der Waals surface area contributed by atoms with Crippen molar-refractivity contribution in [3.63, 3.8) is 0 Å². The highest BCUT2D eigenvalue weighted by molar-refractivity contribution is 7.98. The summed E-state index contributed by atoms with van der Waals surface area (Å²) in [6, 6.07) is 17.7. The molecule has 0 saturated heterocycles. The summed E-state index contributed by atoms with van der Waals surface area (Å²) in [5.41, 5.74) is 3.40. The van der Waals surface area contributed by atoms with Gasteiger partial charge in [0.05, 0.1) is 19.3 Å². The number of fused-ring (bicyclic) bond motifs is 1. The zero-order chi connectivity index (χ0) is 29.8. The van der Waals surface area contributed by atoms with Gasteiger partial charge in [-0.15, -0.1) is 5.10 Å². The Labute approximate surface area is 262 Å². The normalized spacial score (nSPS) is 14.3. The Morgan fingerprint density at radius 3 is 2.48 bits per heavy atom. The van der Waals surface area contributed by atoms with Crippen LogP contribution in [0.2, 0.25) is 15.1 Å². The number of ether oxygens (including phenoxy) is 3. The Balaban J connectivity index is 1.48. The fourth-order valence-corrected chi connectivity index (χ4v) is 6.15. The summed E-state index contributed by atoms with van der Waals surface area (Å²) in [7, 11) is 1.55. The number of carbonyl (C=O) groups excluding carboxylic acids is 1. The molecule has 1 atom stereocenters. The van der Waals surface area contributed by atoms with Crippen LogP contribution in [0.5, 0.6) is 11.5 Å². The molecule has 42 heavy (non-hydrogen) atoms. The van der Waals surface area contributed by atoms with Crippen LogP contribution in [0.1, 0.15) is 36.6 Å². The van der Waals surface area contributed by atoms with Crippen molar-refractivity contribution in [1.29, 1.82) is 0 Å². The SMILES string of the molecule is CCOC(=O)C1=C(C)Nc2nc(SCc3ccccc3Cl)nn2C1c1ccc(OCc2c(Cl)cccc2Cl)c(OC)c1. The Hall–Kier alpha value is -3.37. The zero-order valence-corrected chi connectivity index (χ0v) is 26.1. The zero-order valence-electron chi connectivity index (χ0n) is 23.0. The molecule has 2 heterocycles. The fourth-order valence-electron chi connectivity index (χ4n) is 4.53. The van der Waals surface area contributed by atoms with Crippen molar-refractivity contribution in [2.75, 3.05) is 19.0 Å². The first-order chi connectivity index (χ1) is 20.3. The van der Waals surface area contributed by atoms with Crippen molar-refractivity contribution in [2.24, 2.45) is 0 Å². The maximum atomic E-state index is 13.2. The summed E-state index contributed by atoms with van der Waals surface area (Å²) < 4.78 is 18.9. The number of halogens is 3. The molecule has 1 aliphatic heterocycles. The minimum atomic E-state index is -0.636. The number of methoxy groups -OCH3 is 1. The predicted octanol–water partition coefficient (Wildman–Crippen LogP) is 7.97. The van der Waals surface area contributed by atoms with E-state index >= 15 is 0 Å². The third kappa shape index (κ3) is 6.34. The van der Waals surface area contributed by atoms with Gasteiger partial charge in [-0.1, -0.05) is 76.9 Å². The van der Waals surface area contributed by atoms with Crippen molar-refractivity contribution >= 4 is 58.5 Å². The van der Waals surface area contributed by atoms with Crippen LogP contribution in [-0.4, -0.2) is 34.5 Å². The van der Waals surface area contributed by atoms with Crippen LogP contribution >= 0.6 is 46.6 Å². The van der Waals surface area contributed by atoms with Gasteiger partial charge in [-0.25, -0.2) is 9.48 Å². The standard InChI is InChI=1S/C30H27Cl3N4O4S/c1-4-40-28(38)26-17(2)34-29-35-30(42-16-19-8-5-6-9-21(19)31)36-37(29)27(26)18-12-13-24(25(14-18)39-3)41-15-20-22(32)10-7-11-23(20)33/h5-14,27H,4,15-16H2,1-3H3,(H,34,35,36). The number of esters is 1. The molecule has 0 radical (unpaired) electrons. The molecule has 0 spiro atoms. The Morgan fingerprint density at radius 2 is 1.76 bits per heavy atom. The first kappa shape index (κ1) is 30.1. The lowest BCUT2D eigenvalue weighted by Gasteiger charge is -2.28. The van der Waals surface area contributed by atoms with Gasteiger partial charge in [0.25, 0.3) is 0 Å². The van der Waals surface area contributed by atoms with E-state index in [1.807, 2.05) is 43.3 Å². The molecule has 1 unspecified atom stereocenters. The van der Waals surface area contributed by atoms with Crippen LogP contribution in [0.4, 0.5) is 5.95 Å². The van der Waals surface area contributed by atoms with Gasteiger partial charge in [0.2, 0.25) is 11.1 Å². The quantitative estimate of drug-likeness (QED) is 0.137. The van der Waals surface area contributed by atoms with Crippen LogP contribution in [0, 0.1) is 0 Å². The highest BCUT2D eigenvalue weighted by Gasteiger charge is 2.35. The van der Waals surface area contributed by atoms with Gasteiger partial charge >= 0.3 is 5.97 Å². The summed E-state index contributed by atoms with van der Waals surface area (Å²) in [5, 5.41) is 10.2. The van der Waals surface area contributed by atoms with E-state index in [0.29, 0.717) is 60.3 Å². The van der Waals surface area contributed by atoms with Crippen LogP contribution in [0.25, 0.3) is 0 Å². The average molecular weight is 646 g/mol. The average Bonchev–Trinajstić information content (AvgIpc) is 3.38. The van der Waals surface area contributed by atoms with Crippen molar-refractivity contribution in [2.45, 2.75) is 37.4 Å². The van der Waals surface area contributed by atoms with Crippen LogP contribution < -0.4 is 14.8 Å². The number of hydrogen-bond acceptors (Lipinski definition) is 8. The Bertz CT molecular complexity index is 1640. The second kappa shape index (κ2) is 13.3. The number of nitrogens with zero attached hydrogens (tertiary/aromatic N) is 3. The van der Waals surface area contributed by atoms with Gasteiger partial charge in [-0.3, -0.25) is 0 Å². The number of anilines is 1. The third-order valence-corrected chi connectivity index (χ3v) is 8.54. The van der Waals surface area contributed by atoms with E-state index in [2.05, 4.69) is 5.32 Å². The summed E-state index contributed by atoms with van der Waals surface area (Å²) in [5.74, 6) is 1.58. The molecule has 0 bridgehead atoms.